The highest BCUT2D eigenvalue weighted by Crippen LogP contribution is 2.13. The highest BCUT2D eigenvalue weighted by atomic mass is 16.6. The number of hydrogen-bond donors (Lipinski definition) is 0. The summed E-state index contributed by atoms with van der Waals surface area (Å²) in [6.07, 6.45) is 77.0. The number of allylic oxidation sites excluding steroid dienone is 24. The van der Waals surface area contributed by atoms with E-state index < -0.39 is 6.10 Å². The molecule has 0 radical (unpaired) electrons. The summed E-state index contributed by atoms with van der Waals surface area (Å²) in [7, 11) is 0. The third-order valence-corrected chi connectivity index (χ3v) is 10.5. The first-order valence-corrected chi connectivity index (χ1v) is 26.4. The molecule has 6 heteroatoms. The predicted octanol–water partition coefficient (Wildman–Crippen LogP) is 17.6. The molecule has 0 rings (SSSR count). The molecule has 0 N–H and O–H groups in total. The highest BCUT2D eigenvalue weighted by Gasteiger charge is 2.19. The molecule has 0 spiro atoms. The molecular formula is C61H94O6. The number of carbonyl (C=O) groups is 3. The summed E-state index contributed by atoms with van der Waals surface area (Å²) in [5.74, 6) is -1.07. The highest BCUT2D eigenvalue weighted by molar-refractivity contribution is 5.71. The summed E-state index contributed by atoms with van der Waals surface area (Å²) in [4.78, 5) is 38.0. The minimum atomic E-state index is -0.839. The van der Waals surface area contributed by atoms with Gasteiger partial charge in [0.25, 0.3) is 0 Å². The Morgan fingerprint density at radius 1 is 0.328 bits per heavy atom. The molecule has 0 fully saturated rings. The Kier molecular flexibility index (Phi) is 50.1. The zero-order valence-corrected chi connectivity index (χ0v) is 42.6. The Morgan fingerprint density at radius 3 is 1.19 bits per heavy atom. The summed E-state index contributed by atoms with van der Waals surface area (Å²) < 4.78 is 16.7. The van der Waals surface area contributed by atoms with Crippen molar-refractivity contribution in [1.29, 1.82) is 0 Å². The number of esters is 3. The molecule has 1 atom stereocenters. The molecule has 1 unspecified atom stereocenters. The predicted molar refractivity (Wildman–Crippen MR) is 288 cm³/mol. The topological polar surface area (TPSA) is 78.9 Å². The maximum Gasteiger partial charge on any atom is 0.306 e. The Balaban J connectivity index is 4.61. The van der Waals surface area contributed by atoms with Crippen molar-refractivity contribution in [2.45, 2.75) is 207 Å². The lowest BCUT2D eigenvalue weighted by molar-refractivity contribution is -0.166. The maximum absolute atomic E-state index is 12.8. The van der Waals surface area contributed by atoms with Crippen LogP contribution < -0.4 is 0 Å². The third-order valence-electron chi connectivity index (χ3n) is 10.5. The molecule has 374 valence electrons. The SMILES string of the molecule is CC\C=C/C=C\C=C/C=C\C=C/CCCCCC(=O)OC(COC(=O)CC/C=C\C/C=C\C/C=C\C/C=C\C/C=C\C/C=C\CC)COC(=O)CCCCCCCCC/C=C\CCCCCC. The third kappa shape index (κ3) is 52.1. The van der Waals surface area contributed by atoms with Crippen LogP contribution >= 0.6 is 0 Å². The van der Waals surface area contributed by atoms with Crippen molar-refractivity contribution < 1.29 is 28.6 Å². The maximum atomic E-state index is 12.8. The number of hydrogen-bond acceptors (Lipinski definition) is 6. The van der Waals surface area contributed by atoms with Crippen LogP contribution in [0, 0.1) is 0 Å². The number of ether oxygens (including phenoxy) is 3. The van der Waals surface area contributed by atoms with Crippen molar-refractivity contribution in [3.05, 3.63) is 146 Å². The number of carbonyl (C=O) groups excluding carboxylic acids is 3. The molecule has 0 saturated carbocycles. The van der Waals surface area contributed by atoms with Crippen LogP contribution in [0.1, 0.15) is 201 Å². The smallest absolute Gasteiger partial charge is 0.306 e. The molecule has 0 bridgehead atoms. The fraction of sp³-hybridized carbons (Fsp3) is 0.557. The molecule has 6 nitrogen and oxygen atoms in total. The van der Waals surface area contributed by atoms with Gasteiger partial charge in [0, 0.05) is 19.3 Å². The molecule has 0 heterocycles. The van der Waals surface area contributed by atoms with E-state index in [2.05, 4.69) is 106 Å². The molecule has 0 aromatic rings. The van der Waals surface area contributed by atoms with E-state index in [1.807, 2.05) is 60.8 Å². The minimum Gasteiger partial charge on any atom is -0.462 e. The van der Waals surface area contributed by atoms with Gasteiger partial charge in [0.05, 0.1) is 0 Å². The lowest BCUT2D eigenvalue weighted by atomic mass is 10.1. The largest absolute Gasteiger partial charge is 0.462 e. The van der Waals surface area contributed by atoms with Crippen LogP contribution in [0.15, 0.2) is 146 Å². The van der Waals surface area contributed by atoms with E-state index in [9.17, 15) is 14.4 Å². The summed E-state index contributed by atoms with van der Waals surface area (Å²) >= 11 is 0. The molecule has 0 aromatic carbocycles. The first kappa shape index (κ1) is 62.3. The van der Waals surface area contributed by atoms with E-state index in [1.54, 1.807) is 0 Å². The van der Waals surface area contributed by atoms with Crippen molar-refractivity contribution in [3.8, 4) is 0 Å². The minimum absolute atomic E-state index is 0.127. The van der Waals surface area contributed by atoms with E-state index in [-0.39, 0.29) is 44.0 Å². The van der Waals surface area contributed by atoms with Crippen molar-refractivity contribution in [2.24, 2.45) is 0 Å². The molecule has 0 amide bonds. The van der Waals surface area contributed by atoms with Gasteiger partial charge in [-0.3, -0.25) is 14.4 Å². The second kappa shape index (κ2) is 53.9. The number of rotatable bonds is 45. The van der Waals surface area contributed by atoms with Gasteiger partial charge in [-0.1, -0.05) is 224 Å². The summed E-state index contributed by atoms with van der Waals surface area (Å²) in [5.41, 5.74) is 0. The fourth-order valence-electron chi connectivity index (χ4n) is 6.54. The first-order valence-electron chi connectivity index (χ1n) is 26.4. The van der Waals surface area contributed by atoms with E-state index in [4.69, 9.17) is 14.2 Å². The molecule has 0 aromatic heterocycles. The van der Waals surface area contributed by atoms with E-state index in [0.717, 1.165) is 83.5 Å². The van der Waals surface area contributed by atoms with Crippen LogP contribution in [0.2, 0.25) is 0 Å². The van der Waals surface area contributed by atoms with Gasteiger partial charge in [-0.25, -0.2) is 0 Å². The van der Waals surface area contributed by atoms with Crippen LogP contribution in [0.25, 0.3) is 0 Å². The van der Waals surface area contributed by atoms with Gasteiger partial charge in [0.1, 0.15) is 13.2 Å². The Morgan fingerprint density at radius 2 is 0.687 bits per heavy atom. The molecule has 0 saturated heterocycles. The van der Waals surface area contributed by atoms with Gasteiger partial charge < -0.3 is 14.2 Å². The molecular weight excluding hydrogens is 829 g/mol. The van der Waals surface area contributed by atoms with Gasteiger partial charge >= 0.3 is 17.9 Å². The van der Waals surface area contributed by atoms with E-state index >= 15 is 0 Å². The normalized spacial score (nSPS) is 13.3. The monoisotopic (exact) mass is 923 g/mol. The van der Waals surface area contributed by atoms with E-state index in [0.29, 0.717) is 19.3 Å². The van der Waals surface area contributed by atoms with Gasteiger partial charge in [0.15, 0.2) is 6.10 Å². The summed E-state index contributed by atoms with van der Waals surface area (Å²) in [5, 5.41) is 0. The van der Waals surface area contributed by atoms with Gasteiger partial charge in [-0.2, -0.15) is 0 Å². The molecule has 0 aliphatic rings. The second-order valence-corrected chi connectivity index (χ2v) is 16.8. The fourth-order valence-corrected chi connectivity index (χ4v) is 6.54. The van der Waals surface area contributed by atoms with Crippen LogP contribution in [0.4, 0.5) is 0 Å². The second-order valence-electron chi connectivity index (χ2n) is 16.8. The lowest BCUT2D eigenvalue weighted by Crippen LogP contribution is -2.30. The average molecular weight is 923 g/mol. The number of unbranched alkanes of at least 4 members (excludes halogenated alkanes) is 14. The molecule has 0 aliphatic carbocycles. The van der Waals surface area contributed by atoms with Crippen molar-refractivity contribution in [2.75, 3.05) is 13.2 Å². The van der Waals surface area contributed by atoms with Crippen molar-refractivity contribution in [1.82, 2.24) is 0 Å². The summed E-state index contributed by atoms with van der Waals surface area (Å²) in [6, 6.07) is 0. The average Bonchev–Trinajstić information content (AvgIpc) is 3.33. The van der Waals surface area contributed by atoms with Crippen LogP contribution in [-0.2, 0) is 28.6 Å². The zero-order chi connectivity index (χ0) is 48.6. The van der Waals surface area contributed by atoms with Crippen molar-refractivity contribution in [3.63, 3.8) is 0 Å². The summed E-state index contributed by atoms with van der Waals surface area (Å²) in [6.45, 7) is 6.24. The molecule has 0 aliphatic heterocycles. The van der Waals surface area contributed by atoms with E-state index in [1.165, 1.54) is 64.2 Å². The van der Waals surface area contributed by atoms with Crippen LogP contribution in [-0.4, -0.2) is 37.2 Å². The van der Waals surface area contributed by atoms with Crippen LogP contribution in [0.3, 0.4) is 0 Å². The Hall–Kier alpha value is -4.71. The van der Waals surface area contributed by atoms with Crippen LogP contribution in [0.5, 0.6) is 0 Å². The standard InChI is InChI=1S/C61H94O6/c1-4-7-10-13-16-19-22-25-28-29-30-31-34-36-39-42-45-48-51-54-60(63)66-57-58(67-61(64)55-52-49-46-43-40-37-33-27-24-21-18-15-12-9-6-3)56-65-59(62)53-50-47-44-41-38-35-32-26-23-20-17-14-11-8-5-2/h7,9-10,12,15-16,18-21,23-25,27-28,30-31,33,36-37,39-40,45,48,58H,4-6,8,11,13-14,17,22,26,29,32,34-35,38,41-44,46-47,49-57H2,1-3H3/b10-7-,12-9-,18-15-,19-16-,23-20-,24-21-,28-25-,31-30-,33-27-,39-36-,40-37-,48-45-. The van der Waals surface area contributed by atoms with Gasteiger partial charge in [0.2, 0.25) is 0 Å². The first-order chi connectivity index (χ1) is 33.0. The lowest BCUT2D eigenvalue weighted by Gasteiger charge is -2.18. The van der Waals surface area contributed by atoms with Crippen molar-refractivity contribution >= 4 is 17.9 Å². The quantitative estimate of drug-likeness (QED) is 0.0199. The Bertz CT molecular complexity index is 1530. The van der Waals surface area contributed by atoms with Gasteiger partial charge in [-0.15, -0.1) is 0 Å². The zero-order valence-electron chi connectivity index (χ0n) is 42.6. The molecule has 67 heavy (non-hydrogen) atoms. The van der Waals surface area contributed by atoms with Gasteiger partial charge in [-0.05, 0) is 103 Å². The Labute approximate surface area is 410 Å².